The van der Waals surface area contributed by atoms with Gasteiger partial charge in [0.2, 0.25) is 0 Å². The number of hydrogen-bond donors (Lipinski definition) is 0. The largest absolute Gasteiger partial charge is 0.573 e. The van der Waals surface area contributed by atoms with Crippen molar-refractivity contribution < 1.29 is 31.1 Å². The quantitative estimate of drug-likeness (QED) is 0.405. The molecule has 0 saturated heterocycles. The lowest BCUT2D eigenvalue weighted by atomic mass is 10.1. The molecular formula is C11H9ClF6OS. The molecule has 0 amide bonds. The van der Waals surface area contributed by atoms with Crippen LogP contribution in [0.4, 0.5) is 26.3 Å². The molecule has 114 valence electrons. The zero-order valence-corrected chi connectivity index (χ0v) is 11.4. The number of rotatable bonds is 5. The Morgan fingerprint density at radius 1 is 1.10 bits per heavy atom. The van der Waals surface area contributed by atoms with Crippen molar-refractivity contribution in [3.8, 4) is 5.75 Å². The monoisotopic (exact) mass is 338 g/mol. The molecule has 1 aromatic rings. The molecule has 0 unspecified atom stereocenters. The first kappa shape index (κ1) is 17.3. The smallest absolute Gasteiger partial charge is 0.405 e. The first-order valence-corrected chi connectivity index (χ1v) is 6.66. The van der Waals surface area contributed by atoms with Crippen LogP contribution < -0.4 is 4.74 Å². The van der Waals surface area contributed by atoms with E-state index in [1.165, 1.54) is 6.07 Å². The summed E-state index contributed by atoms with van der Waals surface area (Å²) >= 11 is 4.82. The van der Waals surface area contributed by atoms with Gasteiger partial charge in [-0.25, -0.2) is 0 Å². The fourth-order valence-electron chi connectivity index (χ4n) is 1.39. The Kier molecular flexibility index (Phi) is 5.88. The second-order valence-electron chi connectivity index (χ2n) is 3.67. The highest BCUT2D eigenvalue weighted by atomic mass is 35.5. The highest BCUT2D eigenvalue weighted by Crippen LogP contribution is 2.43. The Morgan fingerprint density at radius 3 is 2.25 bits per heavy atom. The summed E-state index contributed by atoms with van der Waals surface area (Å²) in [4.78, 5) is -0.623. The molecule has 0 aliphatic rings. The second-order valence-corrected chi connectivity index (χ2v) is 5.15. The molecule has 0 radical (unpaired) electrons. The van der Waals surface area contributed by atoms with Gasteiger partial charge in [-0.3, -0.25) is 0 Å². The van der Waals surface area contributed by atoms with Gasteiger partial charge in [0.05, 0.1) is 4.90 Å². The van der Waals surface area contributed by atoms with Crippen molar-refractivity contribution in [2.45, 2.75) is 29.6 Å². The van der Waals surface area contributed by atoms with E-state index in [0.29, 0.717) is 24.3 Å². The predicted molar refractivity (Wildman–Crippen MR) is 64.1 cm³/mol. The number of ether oxygens (including phenoxy) is 1. The Hall–Kier alpha value is -0.760. The second kappa shape index (κ2) is 6.80. The Bertz CT molecular complexity index is 446. The Labute approximate surface area is 120 Å². The Morgan fingerprint density at radius 2 is 1.75 bits per heavy atom. The molecule has 0 aromatic heterocycles. The first-order valence-electron chi connectivity index (χ1n) is 5.31. The van der Waals surface area contributed by atoms with Crippen LogP contribution in [0.1, 0.15) is 12.0 Å². The van der Waals surface area contributed by atoms with Crippen molar-refractivity contribution >= 4 is 23.4 Å². The topological polar surface area (TPSA) is 9.23 Å². The molecule has 0 atom stereocenters. The van der Waals surface area contributed by atoms with Gasteiger partial charge in [-0.15, -0.1) is 24.8 Å². The fourth-order valence-corrected chi connectivity index (χ4v) is 2.20. The van der Waals surface area contributed by atoms with Crippen LogP contribution >= 0.6 is 23.4 Å². The zero-order valence-electron chi connectivity index (χ0n) is 9.82. The summed E-state index contributed by atoms with van der Waals surface area (Å²) in [5.41, 5.74) is -4.23. The van der Waals surface area contributed by atoms with Gasteiger partial charge in [0, 0.05) is 5.88 Å². The average molecular weight is 339 g/mol. The van der Waals surface area contributed by atoms with E-state index >= 15 is 0 Å². The van der Waals surface area contributed by atoms with Crippen molar-refractivity contribution in [1.82, 2.24) is 0 Å². The number of thioether (sulfide) groups is 1. The number of alkyl halides is 7. The van der Waals surface area contributed by atoms with E-state index in [1.807, 2.05) is 0 Å². The van der Waals surface area contributed by atoms with Gasteiger partial charge in [0.15, 0.2) is 0 Å². The van der Waals surface area contributed by atoms with Crippen LogP contribution in [-0.4, -0.2) is 17.8 Å². The minimum atomic E-state index is -5.04. The van der Waals surface area contributed by atoms with Gasteiger partial charge in [0.1, 0.15) is 5.75 Å². The van der Waals surface area contributed by atoms with Gasteiger partial charge < -0.3 is 4.74 Å². The maximum absolute atomic E-state index is 12.3. The summed E-state index contributed by atoms with van der Waals surface area (Å²) in [5, 5.41) is 0. The van der Waals surface area contributed by atoms with E-state index in [0.717, 1.165) is 12.1 Å². The summed E-state index contributed by atoms with van der Waals surface area (Å²) in [6, 6.07) is 3.20. The van der Waals surface area contributed by atoms with Crippen molar-refractivity contribution in [3.63, 3.8) is 0 Å². The first-order chi connectivity index (χ1) is 9.11. The SMILES string of the molecule is FC(F)(F)Oc1ccc(CCCCl)cc1SC(F)(F)F. The van der Waals surface area contributed by atoms with Gasteiger partial charge in [-0.05, 0) is 42.3 Å². The lowest BCUT2D eigenvalue weighted by Crippen LogP contribution is -2.18. The summed E-state index contributed by atoms with van der Waals surface area (Å²) in [7, 11) is 0. The van der Waals surface area contributed by atoms with E-state index in [2.05, 4.69) is 4.74 Å². The molecular weight excluding hydrogens is 330 g/mol. The van der Waals surface area contributed by atoms with Crippen molar-refractivity contribution in [2.75, 3.05) is 5.88 Å². The maximum Gasteiger partial charge on any atom is 0.573 e. The standard InChI is InChI=1S/C11H9ClF6OS/c12-5-1-2-7-3-4-8(19-10(13,14)15)9(6-7)20-11(16,17)18/h3-4,6H,1-2,5H2. The predicted octanol–water partition coefficient (Wildman–Crippen LogP) is 5.37. The van der Waals surface area contributed by atoms with Gasteiger partial charge in [-0.1, -0.05) is 6.07 Å². The number of halogens is 7. The lowest BCUT2D eigenvalue weighted by molar-refractivity contribution is -0.275. The summed E-state index contributed by atoms with van der Waals surface area (Å²) in [6.45, 7) is 0. The van der Waals surface area contributed by atoms with E-state index in [4.69, 9.17) is 11.6 Å². The van der Waals surface area contributed by atoms with Gasteiger partial charge >= 0.3 is 11.9 Å². The molecule has 0 saturated carbocycles. The van der Waals surface area contributed by atoms with Crippen molar-refractivity contribution in [3.05, 3.63) is 23.8 Å². The third-order valence-corrected chi connectivity index (χ3v) is 3.10. The van der Waals surface area contributed by atoms with Crippen LogP contribution in [0.25, 0.3) is 0 Å². The minimum Gasteiger partial charge on any atom is -0.405 e. The Balaban J connectivity index is 3.03. The molecule has 0 aliphatic carbocycles. The van der Waals surface area contributed by atoms with E-state index in [1.54, 1.807) is 0 Å². The summed E-state index contributed by atoms with van der Waals surface area (Å²) < 4.78 is 77.0. The minimum absolute atomic E-state index is 0.308. The molecule has 0 bridgehead atoms. The van der Waals surface area contributed by atoms with E-state index < -0.39 is 34.3 Å². The zero-order chi connectivity index (χ0) is 15.4. The highest BCUT2D eigenvalue weighted by molar-refractivity contribution is 8.00. The van der Waals surface area contributed by atoms with Crippen LogP contribution in [0.5, 0.6) is 5.75 Å². The molecule has 20 heavy (non-hydrogen) atoms. The molecule has 0 fully saturated rings. The molecule has 0 spiro atoms. The summed E-state index contributed by atoms with van der Waals surface area (Å²) in [6.07, 6.45) is -4.16. The molecule has 0 aliphatic heterocycles. The van der Waals surface area contributed by atoms with Crippen LogP contribution in [0, 0.1) is 0 Å². The van der Waals surface area contributed by atoms with Crippen LogP contribution in [0.2, 0.25) is 0 Å². The highest BCUT2D eigenvalue weighted by Gasteiger charge is 2.35. The molecule has 9 heteroatoms. The van der Waals surface area contributed by atoms with Gasteiger partial charge in [0.25, 0.3) is 0 Å². The number of aryl methyl sites for hydroxylation is 1. The molecule has 1 rings (SSSR count). The van der Waals surface area contributed by atoms with E-state index in [9.17, 15) is 26.3 Å². The van der Waals surface area contributed by atoms with Crippen molar-refractivity contribution in [2.24, 2.45) is 0 Å². The van der Waals surface area contributed by atoms with E-state index in [-0.39, 0.29) is 0 Å². The third kappa shape index (κ3) is 6.60. The average Bonchev–Trinajstić information content (AvgIpc) is 2.25. The maximum atomic E-state index is 12.3. The lowest BCUT2D eigenvalue weighted by Gasteiger charge is -2.15. The normalized spacial score (nSPS) is 12.6. The molecule has 0 N–H and O–H groups in total. The fraction of sp³-hybridized carbons (Fsp3) is 0.455. The van der Waals surface area contributed by atoms with Gasteiger partial charge in [-0.2, -0.15) is 13.2 Å². The molecule has 1 nitrogen and oxygen atoms in total. The molecule has 1 aromatic carbocycles. The van der Waals surface area contributed by atoms with Crippen LogP contribution in [0.3, 0.4) is 0 Å². The van der Waals surface area contributed by atoms with Crippen LogP contribution in [0.15, 0.2) is 23.1 Å². The third-order valence-electron chi connectivity index (χ3n) is 2.06. The van der Waals surface area contributed by atoms with Crippen molar-refractivity contribution in [1.29, 1.82) is 0 Å². The number of hydrogen-bond acceptors (Lipinski definition) is 2. The summed E-state index contributed by atoms with van der Waals surface area (Å²) in [5.74, 6) is -0.558. The van der Waals surface area contributed by atoms with Crippen LogP contribution in [-0.2, 0) is 6.42 Å². The molecule has 0 heterocycles. The number of benzene rings is 1.